The van der Waals surface area contributed by atoms with Gasteiger partial charge in [0.2, 0.25) is 0 Å². The minimum absolute atomic E-state index is 0.0662. The van der Waals surface area contributed by atoms with Gasteiger partial charge in [0.25, 0.3) is 0 Å². The average molecular weight is 278 g/mol. The van der Waals surface area contributed by atoms with Crippen molar-refractivity contribution in [1.82, 2.24) is 0 Å². The summed E-state index contributed by atoms with van der Waals surface area (Å²) in [6.45, 7) is 4.67. The Hall–Kier alpha value is -1.84. The van der Waals surface area contributed by atoms with Gasteiger partial charge in [-0.2, -0.15) is 0 Å². The molecule has 0 saturated carbocycles. The molecule has 0 aliphatic heterocycles. The summed E-state index contributed by atoms with van der Waals surface area (Å²) >= 11 is 0. The van der Waals surface area contributed by atoms with E-state index >= 15 is 0 Å². The van der Waals surface area contributed by atoms with E-state index in [2.05, 4.69) is 0 Å². The SMILES string of the molecule is CCCCOC(=O)CCC(=O)OCc1cccc(C)c1. The van der Waals surface area contributed by atoms with E-state index in [1.807, 2.05) is 38.1 Å². The van der Waals surface area contributed by atoms with Crippen molar-refractivity contribution in [3.05, 3.63) is 35.4 Å². The molecule has 0 atom stereocenters. The lowest BCUT2D eigenvalue weighted by Gasteiger charge is -2.06. The Morgan fingerprint density at radius 2 is 1.80 bits per heavy atom. The molecule has 0 saturated heterocycles. The summed E-state index contributed by atoms with van der Waals surface area (Å²) < 4.78 is 10.1. The number of unbranched alkanes of at least 4 members (excludes halogenated alkanes) is 1. The van der Waals surface area contributed by atoms with Crippen LogP contribution >= 0.6 is 0 Å². The van der Waals surface area contributed by atoms with Crippen molar-refractivity contribution < 1.29 is 19.1 Å². The Labute approximate surface area is 120 Å². The van der Waals surface area contributed by atoms with Crippen LogP contribution in [0.1, 0.15) is 43.7 Å². The van der Waals surface area contributed by atoms with E-state index in [-0.39, 0.29) is 31.4 Å². The first-order chi connectivity index (χ1) is 9.61. The number of ether oxygens (including phenoxy) is 2. The fourth-order valence-electron chi connectivity index (χ4n) is 1.64. The van der Waals surface area contributed by atoms with Crippen molar-refractivity contribution in [3.63, 3.8) is 0 Å². The molecule has 1 aromatic carbocycles. The van der Waals surface area contributed by atoms with E-state index in [0.717, 1.165) is 24.0 Å². The topological polar surface area (TPSA) is 52.6 Å². The Balaban J connectivity index is 2.19. The molecule has 0 aliphatic carbocycles. The van der Waals surface area contributed by atoms with Gasteiger partial charge in [-0.05, 0) is 18.9 Å². The lowest BCUT2D eigenvalue weighted by atomic mass is 10.1. The Kier molecular flexibility index (Phi) is 7.40. The van der Waals surface area contributed by atoms with Gasteiger partial charge in [-0.25, -0.2) is 0 Å². The van der Waals surface area contributed by atoms with E-state index in [1.54, 1.807) is 0 Å². The molecular weight excluding hydrogens is 256 g/mol. The normalized spacial score (nSPS) is 10.1. The number of hydrogen-bond acceptors (Lipinski definition) is 4. The predicted molar refractivity (Wildman–Crippen MR) is 76.1 cm³/mol. The third kappa shape index (κ3) is 6.92. The van der Waals surface area contributed by atoms with Gasteiger partial charge >= 0.3 is 11.9 Å². The van der Waals surface area contributed by atoms with Crippen molar-refractivity contribution >= 4 is 11.9 Å². The zero-order valence-corrected chi connectivity index (χ0v) is 12.2. The van der Waals surface area contributed by atoms with Crippen LogP contribution in [0.15, 0.2) is 24.3 Å². The standard InChI is InChI=1S/C16H22O4/c1-3-4-10-19-15(17)8-9-16(18)20-12-14-7-5-6-13(2)11-14/h5-7,11H,3-4,8-10,12H2,1-2H3. The first kappa shape index (κ1) is 16.2. The molecule has 4 heteroatoms. The molecule has 0 unspecified atom stereocenters. The fourth-order valence-corrected chi connectivity index (χ4v) is 1.64. The maximum absolute atomic E-state index is 11.5. The van der Waals surface area contributed by atoms with Gasteiger partial charge < -0.3 is 9.47 Å². The average Bonchev–Trinajstić information content (AvgIpc) is 2.43. The van der Waals surface area contributed by atoms with Crippen LogP contribution in [0.25, 0.3) is 0 Å². The van der Waals surface area contributed by atoms with Crippen molar-refractivity contribution in [1.29, 1.82) is 0 Å². The molecule has 0 radical (unpaired) electrons. The predicted octanol–water partition coefficient (Wildman–Crippen LogP) is 3.16. The molecule has 0 aliphatic rings. The van der Waals surface area contributed by atoms with Crippen LogP contribution < -0.4 is 0 Å². The molecule has 1 aromatic rings. The molecule has 0 amide bonds. The number of benzene rings is 1. The number of aryl methyl sites for hydroxylation is 1. The zero-order valence-electron chi connectivity index (χ0n) is 12.2. The molecule has 0 spiro atoms. The van der Waals surface area contributed by atoms with Crippen molar-refractivity contribution in [2.75, 3.05) is 6.61 Å². The summed E-state index contributed by atoms with van der Waals surface area (Å²) in [4.78, 5) is 22.8. The first-order valence-corrected chi connectivity index (χ1v) is 6.98. The van der Waals surface area contributed by atoms with Crippen LogP contribution in [0.5, 0.6) is 0 Å². The summed E-state index contributed by atoms with van der Waals surface area (Å²) in [5, 5.41) is 0. The van der Waals surface area contributed by atoms with Crippen molar-refractivity contribution in [2.45, 2.75) is 46.1 Å². The number of hydrogen-bond donors (Lipinski definition) is 0. The molecule has 110 valence electrons. The summed E-state index contributed by atoms with van der Waals surface area (Å²) in [6, 6.07) is 7.77. The Morgan fingerprint density at radius 3 is 2.45 bits per heavy atom. The van der Waals surface area contributed by atoms with Gasteiger partial charge in [0.05, 0.1) is 19.4 Å². The van der Waals surface area contributed by atoms with Gasteiger partial charge in [-0.1, -0.05) is 43.2 Å². The molecule has 0 fully saturated rings. The Bertz CT molecular complexity index is 440. The van der Waals surface area contributed by atoms with Gasteiger partial charge in [-0.15, -0.1) is 0 Å². The van der Waals surface area contributed by atoms with Gasteiger partial charge in [0.1, 0.15) is 6.61 Å². The monoisotopic (exact) mass is 278 g/mol. The van der Waals surface area contributed by atoms with E-state index in [1.165, 1.54) is 0 Å². The second kappa shape index (κ2) is 9.13. The van der Waals surface area contributed by atoms with Gasteiger partial charge in [0.15, 0.2) is 0 Å². The summed E-state index contributed by atoms with van der Waals surface area (Å²) in [7, 11) is 0. The van der Waals surface area contributed by atoms with Gasteiger partial charge in [-0.3, -0.25) is 9.59 Å². The molecule has 20 heavy (non-hydrogen) atoms. The van der Waals surface area contributed by atoms with Crippen LogP contribution in [-0.2, 0) is 25.7 Å². The largest absolute Gasteiger partial charge is 0.466 e. The van der Waals surface area contributed by atoms with Gasteiger partial charge in [0, 0.05) is 0 Å². The quantitative estimate of drug-likeness (QED) is 0.541. The maximum atomic E-state index is 11.5. The Morgan fingerprint density at radius 1 is 1.10 bits per heavy atom. The summed E-state index contributed by atoms with van der Waals surface area (Å²) in [6.07, 6.45) is 1.97. The van der Waals surface area contributed by atoms with Crippen LogP contribution in [-0.4, -0.2) is 18.5 Å². The summed E-state index contributed by atoms with van der Waals surface area (Å²) in [5.41, 5.74) is 2.07. The smallest absolute Gasteiger partial charge is 0.306 e. The van der Waals surface area contributed by atoms with E-state index in [0.29, 0.717) is 6.61 Å². The lowest BCUT2D eigenvalue weighted by molar-refractivity contribution is -0.151. The number of carbonyl (C=O) groups excluding carboxylic acids is 2. The number of carbonyl (C=O) groups is 2. The van der Waals surface area contributed by atoms with Crippen LogP contribution in [0.2, 0.25) is 0 Å². The zero-order chi connectivity index (χ0) is 14.8. The van der Waals surface area contributed by atoms with E-state index in [9.17, 15) is 9.59 Å². The maximum Gasteiger partial charge on any atom is 0.306 e. The lowest BCUT2D eigenvalue weighted by Crippen LogP contribution is -2.10. The molecule has 4 nitrogen and oxygen atoms in total. The molecule has 1 rings (SSSR count). The molecule has 0 aromatic heterocycles. The number of rotatable bonds is 8. The van der Waals surface area contributed by atoms with Crippen LogP contribution in [0.4, 0.5) is 0 Å². The summed E-state index contributed by atoms with van der Waals surface area (Å²) in [5.74, 6) is -0.718. The highest BCUT2D eigenvalue weighted by Crippen LogP contribution is 2.06. The van der Waals surface area contributed by atoms with Crippen molar-refractivity contribution in [2.24, 2.45) is 0 Å². The molecular formula is C16H22O4. The van der Waals surface area contributed by atoms with E-state index < -0.39 is 0 Å². The molecule has 0 bridgehead atoms. The second-order valence-corrected chi connectivity index (χ2v) is 4.72. The van der Waals surface area contributed by atoms with Crippen molar-refractivity contribution in [3.8, 4) is 0 Å². The highest BCUT2D eigenvalue weighted by Gasteiger charge is 2.09. The third-order valence-electron chi connectivity index (χ3n) is 2.78. The second-order valence-electron chi connectivity index (χ2n) is 4.72. The third-order valence-corrected chi connectivity index (χ3v) is 2.78. The van der Waals surface area contributed by atoms with E-state index in [4.69, 9.17) is 9.47 Å². The minimum Gasteiger partial charge on any atom is -0.466 e. The van der Waals surface area contributed by atoms with Crippen LogP contribution in [0.3, 0.4) is 0 Å². The van der Waals surface area contributed by atoms with Crippen LogP contribution in [0, 0.1) is 6.92 Å². The highest BCUT2D eigenvalue weighted by molar-refractivity contribution is 5.77. The highest BCUT2D eigenvalue weighted by atomic mass is 16.5. The fraction of sp³-hybridized carbons (Fsp3) is 0.500. The molecule has 0 heterocycles. The number of esters is 2. The first-order valence-electron chi connectivity index (χ1n) is 6.98. The molecule has 0 N–H and O–H groups in total. The minimum atomic E-state index is -0.376.